The summed E-state index contributed by atoms with van der Waals surface area (Å²) in [5.74, 6) is 2.20. The van der Waals surface area contributed by atoms with Crippen LogP contribution in [0, 0.1) is 5.92 Å². The van der Waals surface area contributed by atoms with E-state index < -0.39 is 0 Å². The zero-order chi connectivity index (χ0) is 16.1. The molecule has 1 N–H and O–H groups in total. The Morgan fingerprint density at radius 1 is 1.23 bits per heavy atom. The van der Waals surface area contributed by atoms with Gasteiger partial charge in [-0.25, -0.2) is 0 Å². The fourth-order valence-corrected chi connectivity index (χ4v) is 2.74. The van der Waals surface area contributed by atoms with Crippen LogP contribution in [0.15, 0.2) is 18.2 Å². The van der Waals surface area contributed by atoms with Crippen LogP contribution in [-0.4, -0.2) is 44.2 Å². The molecule has 2 rings (SSSR count). The third-order valence-electron chi connectivity index (χ3n) is 4.23. The van der Waals surface area contributed by atoms with Gasteiger partial charge >= 0.3 is 0 Å². The summed E-state index contributed by atoms with van der Waals surface area (Å²) in [6.45, 7) is 5.86. The molecule has 1 unspecified atom stereocenters. The average molecular weight is 306 g/mol. The maximum absolute atomic E-state index is 12.5. The summed E-state index contributed by atoms with van der Waals surface area (Å²) < 4.78 is 10.5. The summed E-state index contributed by atoms with van der Waals surface area (Å²) in [6, 6.07) is 5.32. The number of benzene rings is 1. The fraction of sp³-hybridized carbons (Fsp3) is 0.588. The van der Waals surface area contributed by atoms with E-state index in [9.17, 15) is 4.79 Å². The molecule has 0 aliphatic carbocycles. The van der Waals surface area contributed by atoms with Crippen LogP contribution in [0.3, 0.4) is 0 Å². The second kappa shape index (κ2) is 7.38. The van der Waals surface area contributed by atoms with Crippen LogP contribution in [-0.2, 0) is 4.79 Å². The first-order valence-corrected chi connectivity index (χ1v) is 7.82. The van der Waals surface area contributed by atoms with Gasteiger partial charge < -0.3 is 19.7 Å². The lowest BCUT2D eigenvalue weighted by atomic mass is 9.99. The highest BCUT2D eigenvalue weighted by Crippen LogP contribution is 2.30. The van der Waals surface area contributed by atoms with Gasteiger partial charge in [-0.2, -0.15) is 0 Å². The number of piperidine rings is 1. The van der Waals surface area contributed by atoms with E-state index in [1.54, 1.807) is 14.2 Å². The zero-order valence-electron chi connectivity index (χ0n) is 13.9. The van der Waals surface area contributed by atoms with Crippen LogP contribution in [0.1, 0.15) is 26.7 Å². The molecule has 0 spiro atoms. The summed E-state index contributed by atoms with van der Waals surface area (Å²) in [6.07, 6.45) is 2.18. The quantitative estimate of drug-likeness (QED) is 0.909. The van der Waals surface area contributed by atoms with Crippen LogP contribution in [0.5, 0.6) is 11.5 Å². The van der Waals surface area contributed by atoms with Crippen LogP contribution >= 0.6 is 0 Å². The molecule has 0 bridgehead atoms. The molecule has 1 aliphatic heterocycles. The Labute approximate surface area is 132 Å². The van der Waals surface area contributed by atoms with Gasteiger partial charge in [0.05, 0.1) is 14.2 Å². The molecular weight excluding hydrogens is 280 g/mol. The smallest absolute Gasteiger partial charge is 0.244 e. The van der Waals surface area contributed by atoms with Crippen molar-refractivity contribution in [3.8, 4) is 11.5 Å². The standard InChI is InChI=1S/C17H26N2O3/c1-12-7-9-19(10-8-12)17(20)13(2)18-14-5-6-15(21-3)16(11-14)22-4/h5-6,11-13,18H,7-10H2,1-4H3. The van der Waals surface area contributed by atoms with E-state index in [1.165, 1.54) is 0 Å². The minimum Gasteiger partial charge on any atom is -0.493 e. The van der Waals surface area contributed by atoms with Gasteiger partial charge in [-0.3, -0.25) is 4.79 Å². The summed E-state index contributed by atoms with van der Waals surface area (Å²) in [4.78, 5) is 14.5. The van der Waals surface area contributed by atoms with Gasteiger partial charge in [0, 0.05) is 24.8 Å². The van der Waals surface area contributed by atoms with Crippen molar-refractivity contribution in [3.63, 3.8) is 0 Å². The number of nitrogens with one attached hydrogen (secondary N) is 1. The Bertz CT molecular complexity index is 511. The Kier molecular flexibility index (Phi) is 5.52. The van der Waals surface area contributed by atoms with Gasteiger partial charge in [-0.15, -0.1) is 0 Å². The summed E-state index contributed by atoms with van der Waals surface area (Å²) in [7, 11) is 3.21. The van der Waals surface area contributed by atoms with Gasteiger partial charge in [0.15, 0.2) is 11.5 Å². The molecule has 1 atom stereocenters. The minimum atomic E-state index is -0.258. The SMILES string of the molecule is COc1ccc(NC(C)C(=O)N2CCC(C)CC2)cc1OC. The first kappa shape index (κ1) is 16.5. The molecule has 1 aromatic carbocycles. The molecular formula is C17H26N2O3. The van der Waals surface area contributed by atoms with Gasteiger partial charge in [0.1, 0.15) is 6.04 Å². The maximum atomic E-state index is 12.5. The summed E-state index contributed by atoms with van der Waals surface area (Å²) >= 11 is 0. The van der Waals surface area contributed by atoms with Crippen molar-refractivity contribution >= 4 is 11.6 Å². The van der Waals surface area contributed by atoms with Crippen molar-refractivity contribution in [2.75, 3.05) is 32.6 Å². The predicted octanol–water partition coefficient (Wildman–Crippen LogP) is 2.76. The highest BCUT2D eigenvalue weighted by atomic mass is 16.5. The fourth-order valence-electron chi connectivity index (χ4n) is 2.74. The third-order valence-corrected chi connectivity index (χ3v) is 4.23. The number of anilines is 1. The maximum Gasteiger partial charge on any atom is 0.244 e. The van der Waals surface area contributed by atoms with Crippen molar-refractivity contribution in [2.45, 2.75) is 32.7 Å². The zero-order valence-corrected chi connectivity index (χ0v) is 13.9. The highest BCUT2D eigenvalue weighted by Gasteiger charge is 2.24. The largest absolute Gasteiger partial charge is 0.493 e. The number of amides is 1. The minimum absolute atomic E-state index is 0.154. The number of methoxy groups -OCH3 is 2. The van der Waals surface area contributed by atoms with E-state index in [2.05, 4.69) is 12.2 Å². The van der Waals surface area contributed by atoms with Crippen LogP contribution in [0.4, 0.5) is 5.69 Å². The molecule has 1 aliphatic rings. The van der Waals surface area contributed by atoms with Crippen molar-refractivity contribution < 1.29 is 14.3 Å². The second-order valence-electron chi connectivity index (χ2n) is 5.94. The number of nitrogens with zero attached hydrogens (tertiary/aromatic N) is 1. The van der Waals surface area contributed by atoms with E-state index >= 15 is 0 Å². The molecule has 0 radical (unpaired) electrons. The van der Waals surface area contributed by atoms with Crippen LogP contribution in [0.25, 0.3) is 0 Å². The Balaban J connectivity index is 1.99. The Hall–Kier alpha value is -1.91. The van der Waals surface area contributed by atoms with Gasteiger partial charge in [0.2, 0.25) is 5.91 Å². The lowest BCUT2D eigenvalue weighted by Gasteiger charge is -2.32. The number of likely N-dealkylation sites (tertiary alicyclic amines) is 1. The molecule has 122 valence electrons. The second-order valence-corrected chi connectivity index (χ2v) is 5.94. The molecule has 22 heavy (non-hydrogen) atoms. The number of rotatable bonds is 5. The topological polar surface area (TPSA) is 50.8 Å². The normalized spacial score (nSPS) is 17.0. The molecule has 1 amide bonds. The molecule has 5 heteroatoms. The summed E-state index contributed by atoms with van der Waals surface area (Å²) in [5.41, 5.74) is 0.851. The van der Waals surface area contributed by atoms with Gasteiger partial charge in [-0.1, -0.05) is 6.92 Å². The number of carbonyl (C=O) groups excluding carboxylic acids is 1. The van der Waals surface area contributed by atoms with Crippen molar-refractivity contribution in [2.24, 2.45) is 5.92 Å². The van der Waals surface area contributed by atoms with E-state index in [4.69, 9.17) is 9.47 Å². The first-order chi connectivity index (χ1) is 10.5. The molecule has 1 saturated heterocycles. The molecule has 0 aromatic heterocycles. The first-order valence-electron chi connectivity index (χ1n) is 7.82. The number of carbonyl (C=O) groups is 1. The lowest BCUT2D eigenvalue weighted by molar-refractivity contribution is -0.132. The van der Waals surface area contributed by atoms with E-state index in [0.717, 1.165) is 37.5 Å². The number of ether oxygens (including phenoxy) is 2. The van der Waals surface area contributed by atoms with Crippen molar-refractivity contribution in [3.05, 3.63) is 18.2 Å². The highest BCUT2D eigenvalue weighted by molar-refractivity contribution is 5.84. The summed E-state index contributed by atoms with van der Waals surface area (Å²) in [5, 5.41) is 3.25. The van der Waals surface area contributed by atoms with Crippen LogP contribution in [0.2, 0.25) is 0 Å². The molecule has 0 saturated carbocycles. The Morgan fingerprint density at radius 2 is 1.86 bits per heavy atom. The van der Waals surface area contributed by atoms with E-state index in [-0.39, 0.29) is 11.9 Å². The third kappa shape index (κ3) is 3.84. The average Bonchev–Trinajstić information content (AvgIpc) is 2.54. The van der Waals surface area contributed by atoms with Gasteiger partial charge in [0.25, 0.3) is 0 Å². The molecule has 1 fully saturated rings. The molecule has 1 aromatic rings. The number of hydrogen-bond donors (Lipinski definition) is 1. The molecule has 1 heterocycles. The number of hydrogen-bond acceptors (Lipinski definition) is 4. The van der Waals surface area contributed by atoms with Crippen molar-refractivity contribution in [1.29, 1.82) is 0 Å². The van der Waals surface area contributed by atoms with E-state index in [1.807, 2.05) is 30.0 Å². The van der Waals surface area contributed by atoms with Crippen LogP contribution < -0.4 is 14.8 Å². The van der Waals surface area contributed by atoms with E-state index in [0.29, 0.717) is 11.5 Å². The monoisotopic (exact) mass is 306 g/mol. The molecule has 5 nitrogen and oxygen atoms in total. The lowest BCUT2D eigenvalue weighted by Crippen LogP contribution is -2.45. The van der Waals surface area contributed by atoms with Gasteiger partial charge in [-0.05, 0) is 37.8 Å². The predicted molar refractivity (Wildman–Crippen MR) is 87.6 cm³/mol. The Morgan fingerprint density at radius 3 is 2.45 bits per heavy atom. The van der Waals surface area contributed by atoms with Crippen molar-refractivity contribution in [1.82, 2.24) is 4.90 Å².